The molecule has 1 heterocycles. The SMILES string of the molecule is COc1cc(OC2CCC(CO)CC2)ccn1. The Bertz CT molecular complexity index is 348. The van der Waals surface area contributed by atoms with E-state index in [1.807, 2.05) is 6.07 Å². The number of methoxy groups -OCH3 is 1. The van der Waals surface area contributed by atoms with E-state index in [2.05, 4.69) is 4.98 Å². The van der Waals surface area contributed by atoms with Crippen molar-refractivity contribution >= 4 is 0 Å². The van der Waals surface area contributed by atoms with Crippen LogP contribution >= 0.6 is 0 Å². The summed E-state index contributed by atoms with van der Waals surface area (Å²) in [6.07, 6.45) is 6.05. The van der Waals surface area contributed by atoms with Gasteiger partial charge in [-0.15, -0.1) is 0 Å². The second-order valence-corrected chi connectivity index (χ2v) is 4.48. The van der Waals surface area contributed by atoms with E-state index < -0.39 is 0 Å². The van der Waals surface area contributed by atoms with Crippen molar-refractivity contribution in [3.05, 3.63) is 18.3 Å². The minimum Gasteiger partial charge on any atom is -0.490 e. The van der Waals surface area contributed by atoms with Crippen LogP contribution in [0.2, 0.25) is 0 Å². The lowest BCUT2D eigenvalue weighted by molar-refractivity contribution is 0.104. The van der Waals surface area contributed by atoms with Gasteiger partial charge in [0, 0.05) is 18.9 Å². The summed E-state index contributed by atoms with van der Waals surface area (Å²) in [6, 6.07) is 3.65. The summed E-state index contributed by atoms with van der Waals surface area (Å²) < 4.78 is 10.9. The largest absolute Gasteiger partial charge is 0.490 e. The van der Waals surface area contributed by atoms with E-state index in [9.17, 15) is 0 Å². The molecule has 17 heavy (non-hydrogen) atoms. The zero-order chi connectivity index (χ0) is 12.1. The van der Waals surface area contributed by atoms with Gasteiger partial charge in [0.25, 0.3) is 0 Å². The number of hydrogen-bond acceptors (Lipinski definition) is 4. The number of ether oxygens (including phenoxy) is 2. The molecule has 1 aromatic rings. The lowest BCUT2D eigenvalue weighted by Crippen LogP contribution is -2.25. The molecule has 2 rings (SSSR count). The number of hydrogen-bond donors (Lipinski definition) is 1. The summed E-state index contributed by atoms with van der Waals surface area (Å²) in [5, 5.41) is 9.07. The van der Waals surface area contributed by atoms with Crippen molar-refractivity contribution in [3.63, 3.8) is 0 Å². The highest BCUT2D eigenvalue weighted by Crippen LogP contribution is 2.27. The maximum absolute atomic E-state index is 9.07. The average molecular weight is 237 g/mol. The average Bonchev–Trinajstić information content (AvgIpc) is 2.40. The Morgan fingerprint density at radius 1 is 1.35 bits per heavy atom. The third-order valence-corrected chi connectivity index (χ3v) is 3.27. The molecule has 0 bridgehead atoms. The van der Waals surface area contributed by atoms with Crippen molar-refractivity contribution < 1.29 is 14.6 Å². The molecule has 0 atom stereocenters. The van der Waals surface area contributed by atoms with Crippen LogP contribution in [0.4, 0.5) is 0 Å². The quantitative estimate of drug-likeness (QED) is 0.870. The van der Waals surface area contributed by atoms with E-state index in [0.717, 1.165) is 31.4 Å². The molecule has 0 spiro atoms. The maximum Gasteiger partial charge on any atom is 0.216 e. The van der Waals surface area contributed by atoms with Gasteiger partial charge < -0.3 is 14.6 Å². The Kier molecular flexibility index (Phi) is 4.20. The topological polar surface area (TPSA) is 51.6 Å². The van der Waals surface area contributed by atoms with Crippen LogP contribution in [0, 0.1) is 5.92 Å². The van der Waals surface area contributed by atoms with E-state index in [1.165, 1.54) is 0 Å². The van der Waals surface area contributed by atoms with E-state index in [1.54, 1.807) is 19.4 Å². The van der Waals surface area contributed by atoms with Crippen molar-refractivity contribution in [2.24, 2.45) is 5.92 Å². The summed E-state index contributed by atoms with van der Waals surface area (Å²) in [5.41, 5.74) is 0. The molecule has 0 aromatic carbocycles. The van der Waals surface area contributed by atoms with Gasteiger partial charge in [0.05, 0.1) is 13.2 Å². The predicted molar refractivity (Wildman–Crippen MR) is 64.2 cm³/mol. The summed E-state index contributed by atoms with van der Waals surface area (Å²) in [4.78, 5) is 4.04. The first-order valence-electron chi connectivity index (χ1n) is 6.09. The first-order valence-corrected chi connectivity index (χ1v) is 6.09. The molecule has 94 valence electrons. The number of nitrogens with zero attached hydrogens (tertiary/aromatic N) is 1. The Morgan fingerprint density at radius 3 is 2.76 bits per heavy atom. The van der Waals surface area contributed by atoms with Gasteiger partial charge in [-0.05, 0) is 37.7 Å². The third kappa shape index (κ3) is 3.33. The van der Waals surface area contributed by atoms with Crippen LogP contribution in [-0.4, -0.2) is 29.9 Å². The van der Waals surface area contributed by atoms with Gasteiger partial charge in [0.2, 0.25) is 5.88 Å². The van der Waals surface area contributed by atoms with Crippen LogP contribution in [0.3, 0.4) is 0 Å². The highest BCUT2D eigenvalue weighted by molar-refractivity contribution is 5.26. The zero-order valence-electron chi connectivity index (χ0n) is 10.1. The molecule has 0 aliphatic heterocycles. The molecular formula is C13H19NO3. The van der Waals surface area contributed by atoms with Crippen molar-refractivity contribution in [1.82, 2.24) is 4.98 Å². The van der Waals surface area contributed by atoms with Crippen molar-refractivity contribution in [2.75, 3.05) is 13.7 Å². The molecule has 0 radical (unpaired) electrons. The second kappa shape index (κ2) is 5.87. The van der Waals surface area contributed by atoms with Crippen LogP contribution in [0.1, 0.15) is 25.7 Å². The van der Waals surface area contributed by atoms with E-state index in [0.29, 0.717) is 18.4 Å². The summed E-state index contributed by atoms with van der Waals surface area (Å²) in [6.45, 7) is 0.301. The van der Waals surface area contributed by atoms with E-state index in [4.69, 9.17) is 14.6 Å². The Labute approximate surface area is 102 Å². The third-order valence-electron chi connectivity index (χ3n) is 3.27. The van der Waals surface area contributed by atoms with Crippen LogP contribution < -0.4 is 9.47 Å². The molecular weight excluding hydrogens is 218 g/mol. The predicted octanol–water partition coefficient (Wildman–Crippen LogP) is 2.02. The number of pyridine rings is 1. The van der Waals surface area contributed by atoms with Crippen molar-refractivity contribution in [2.45, 2.75) is 31.8 Å². The molecule has 1 aliphatic carbocycles. The van der Waals surface area contributed by atoms with Gasteiger partial charge in [-0.2, -0.15) is 0 Å². The Balaban J connectivity index is 1.88. The minimum atomic E-state index is 0.255. The minimum absolute atomic E-state index is 0.255. The Morgan fingerprint density at radius 2 is 2.12 bits per heavy atom. The van der Waals surface area contributed by atoms with Crippen molar-refractivity contribution in [3.8, 4) is 11.6 Å². The molecule has 1 fully saturated rings. The fourth-order valence-electron chi connectivity index (χ4n) is 2.20. The van der Waals surface area contributed by atoms with Gasteiger partial charge in [0.15, 0.2) is 0 Å². The highest BCUT2D eigenvalue weighted by Gasteiger charge is 2.21. The molecule has 4 nitrogen and oxygen atoms in total. The smallest absolute Gasteiger partial charge is 0.216 e. The molecule has 1 saturated carbocycles. The first kappa shape index (κ1) is 12.2. The lowest BCUT2D eigenvalue weighted by Gasteiger charge is -2.27. The molecule has 4 heteroatoms. The molecule has 1 N–H and O–H groups in total. The highest BCUT2D eigenvalue weighted by atomic mass is 16.5. The number of rotatable bonds is 4. The summed E-state index contributed by atoms with van der Waals surface area (Å²) in [5.74, 6) is 1.85. The van der Waals surface area contributed by atoms with E-state index >= 15 is 0 Å². The standard InChI is InChI=1S/C13H19NO3/c1-16-13-8-12(6-7-14-13)17-11-4-2-10(9-15)3-5-11/h6-8,10-11,15H,2-5,9H2,1H3. The van der Waals surface area contributed by atoms with Gasteiger partial charge in [0.1, 0.15) is 5.75 Å². The number of aromatic nitrogens is 1. The second-order valence-electron chi connectivity index (χ2n) is 4.48. The molecule has 1 aliphatic rings. The fourth-order valence-corrected chi connectivity index (χ4v) is 2.20. The van der Waals surface area contributed by atoms with Gasteiger partial charge in [-0.25, -0.2) is 4.98 Å². The Hall–Kier alpha value is -1.29. The zero-order valence-corrected chi connectivity index (χ0v) is 10.1. The fraction of sp³-hybridized carbons (Fsp3) is 0.615. The monoisotopic (exact) mass is 237 g/mol. The molecule has 0 amide bonds. The van der Waals surface area contributed by atoms with Crippen molar-refractivity contribution in [1.29, 1.82) is 0 Å². The van der Waals surface area contributed by atoms with Crippen LogP contribution in [0.15, 0.2) is 18.3 Å². The van der Waals surface area contributed by atoms with Gasteiger partial charge >= 0.3 is 0 Å². The lowest BCUT2D eigenvalue weighted by atomic mass is 9.88. The normalized spacial score (nSPS) is 24.4. The van der Waals surface area contributed by atoms with Crippen LogP contribution in [-0.2, 0) is 0 Å². The first-order chi connectivity index (χ1) is 8.31. The van der Waals surface area contributed by atoms with Crippen LogP contribution in [0.5, 0.6) is 11.6 Å². The van der Waals surface area contributed by atoms with Crippen LogP contribution in [0.25, 0.3) is 0 Å². The van der Waals surface area contributed by atoms with Gasteiger partial charge in [-0.1, -0.05) is 0 Å². The van der Waals surface area contributed by atoms with Gasteiger partial charge in [-0.3, -0.25) is 0 Å². The summed E-state index contributed by atoms with van der Waals surface area (Å²) in [7, 11) is 1.60. The maximum atomic E-state index is 9.07. The van der Waals surface area contributed by atoms with E-state index in [-0.39, 0.29) is 6.10 Å². The summed E-state index contributed by atoms with van der Waals surface area (Å²) >= 11 is 0. The molecule has 1 aromatic heterocycles. The number of aliphatic hydroxyl groups is 1. The number of aliphatic hydroxyl groups excluding tert-OH is 1. The molecule has 0 saturated heterocycles. The molecule has 0 unspecified atom stereocenters.